The molecule has 5 heterocycles. The Bertz CT molecular complexity index is 2390. The average molecular weight is 864 g/mol. The predicted octanol–water partition coefficient (Wildman–Crippen LogP) is 10.2. The quantitative estimate of drug-likeness (QED) is 0.144. The maximum atomic E-state index is 8.92. The van der Waals surface area contributed by atoms with Gasteiger partial charge in [0.15, 0.2) is 11.3 Å². The molecule has 12 nitrogen and oxygen atoms in total. The molecule has 2 aromatic carbocycles. The number of halogens is 2. The molecule has 14 heteroatoms. The van der Waals surface area contributed by atoms with E-state index in [0.717, 1.165) is 60.0 Å². The lowest BCUT2D eigenvalue weighted by atomic mass is 9.87. The van der Waals surface area contributed by atoms with Crippen molar-refractivity contribution in [3.05, 3.63) is 116 Å². The monoisotopic (exact) mass is 861 g/mol. The zero-order chi connectivity index (χ0) is 37.6. The highest BCUT2D eigenvalue weighted by atomic mass is 79.9. The van der Waals surface area contributed by atoms with Crippen LogP contribution in [0.4, 0.5) is 11.6 Å². The molecule has 0 amide bonds. The van der Waals surface area contributed by atoms with E-state index in [2.05, 4.69) is 93.2 Å². The number of rotatable bonds is 9. The number of nitriles is 1. The Labute approximate surface area is 336 Å². The van der Waals surface area contributed by atoms with E-state index in [1.165, 1.54) is 70.6 Å². The lowest BCUT2D eigenvalue weighted by molar-refractivity contribution is 0.419. The van der Waals surface area contributed by atoms with Gasteiger partial charge in [-0.25, -0.2) is 9.97 Å². The second-order valence-electron chi connectivity index (χ2n) is 14.2. The molecule has 9 rings (SSSR count). The summed E-state index contributed by atoms with van der Waals surface area (Å²) < 4.78 is 10.4. The van der Waals surface area contributed by atoms with E-state index in [9.17, 15) is 0 Å². The highest BCUT2D eigenvalue weighted by molar-refractivity contribution is 9.11. The highest BCUT2D eigenvalue weighted by Crippen LogP contribution is 2.35. The van der Waals surface area contributed by atoms with Gasteiger partial charge in [-0.3, -0.25) is 0 Å². The number of fused-ring (bicyclic) bond motifs is 2. The standard InChI is InChI=1S/C21H21BrN6O.C20H20BrN5/c22-17-12-25-28-19(10-18(26-21(17)28)15-4-2-1-3-5-15)23-11-14-6-8-16(9-7-14)20-24-13-29-27-20;21-17-13-24-26-19(23-12-15-8-6-14(11-22)7-9-15)10-18(25-20(17)26)16-4-2-1-3-5-16/h6-10,12-13,15,23H,1-5,11H2;6-10,13,16,23H,1-5,12H2. The molecule has 280 valence electrons. The molecule has 0 unspecified atom stereocenters. The fraction of sp³-hybridized carbons (Fsp3) is 0.341. The van der Waals surface area contributed by atoms with E-state index < -0.39 is 0 Å². The molecule has 0 aliphatic heterocycles. The third kappa shape index (κ3) is 8.58. The number of nitrogens with one attached hydrogen (secondary N) is 2. The molecule has 55 heavy (non-hydrogen) atoms. The van der Waals surface area contributed by atoms with Gasteiger partial charge in [0.25, 0.3) is 0 Å². The Kier molecular flexibility index (Phi) is 11.5. The summed E-state index contributed by atoms with van der Waals surface area (Å²) in [7, 11) is 0. The first-order valence-electron chi connectivity index (χ1n) is 18.9. The minimum absolute atomic E-state index is 0.533. The molecule has 7 aromatic rings. The second kappa shape index (κ2) is 17.1. The van der Waals surface area contributed by atoms with Crippen LogP contribution in [0.3, 0.4) is 0 Å². The van der Waals surface area contributed by atoms with E-state index in [-0.39, 0.29) is 0 Å². The Morgan fingerprint density at radius 1 is 0.691 bits per heavy atom. The molecular weight excluding hydrogens is 822 g/mol. The first-order chi connectivity index (χ1) is 27.0. The lowest BCUT2D eigenvalue weighted by Gasteiger charge is -2.22. The predicted molar refractivity (Wildman–Crippen MR) is 219 cm³/mol. The van der Waals surface area contributed by atoms with Crippen LogP contribution < -0.4 is 10.6 Å². The number of aromatic nitrogens is 8. The van der Waals surface area contributed by atoms with Crippen LogP contribution in [0.15, 0.2) is 92.9 Å². The van der Waals surface area contributed by atoms with Gasteiger partial charge in [-0.1, -0.05) is 80.1 Å². The smallest absolute Gasteiger partial charge is 0.214 e. The van der Waals surface area contributed by atoms with Crippen LogP contribution in [0.1, 0.15) is 104 Å². The summed E-state index contributed by atoms with van der Waals surface area (Å²) in [6, 6.07) is 22.2. The topological polar surface area (TPSA) is 147 Å². The van der Waals surface area contributed by atoms with Crippen molar-refractivity contribution < 1.29 is 4.52 Å². The number of hydrogen-bond donors (Lipinski definition) is 2. The molecule has 2 aliphatic rings. The molecule has 0 radical (unpaired) electrons. The lowest BCUT2D eigenvalue weighted by Crippen LogP contribution is -2.11. The summed E-state index contributed by atoms with van der Waals surface area (Å²) in [4.78, 5) is 13.9. The summed E-state index contributed by atoms with van der Waals surface area (Å²) in [5.41, 5.74) is 7.93. The van der Waals surface area contributed by atoms with Crippen LogP contribution in [-0.4, -0.2) is 39.3 Å². The zero-order valence-electron chi connectivity index (χ0n) is 30.3. The SMILES string of the molecule is Brc1cnn2c(NCc3ccc(-c4ncon4)cc3)cc(C3CCCCC3)nc12.N#Cc1ccc(CNc2cc(C3CCCCC3)nc3c(Br)cnn23)cc1. The van der Waals surface area contributed by atoms with E-state index >= 15 is 0 Å². The van der Waals surface area contributed by atoms with Crippen molar-refractivity contribution in [3.63, 3.8) is 0 Å². The largest absolute Gasteiger partial charge is 0.366 e. The van der Waals surface area contributed by atoms with Crippen molar-refractivity contribution in [2.45, 2.75) is 89.1 Å². The summed E-state index contributed by atoms with van der Waals surface area (Å²) in [5.74, 6) is 3.57. The summed E-state index contributed by atoms with van der Waals surface area (Å²) in [5, 5.41) is 28.8. The van der Waals surface area contributed by atoms with Crippen molar-refractivity contribution in [2.75, 3.05) is 10.6 Å². The third-order valence-electron chi connectivity index (χ3n) is 10.5. The van der Waals surface area contributed by atoms with Gasteiger partial charge >= 0.3 is 0 Å². The van der Waals surface area contributed by atoms with Crippen molar-refractivity contribution in [3.8, 4) is 17.5 Å². The highest BCUT2D eigenvalue weighted by Gasteiger charge is 2.21. The average Bonchev–Trinajstić information content (AvgIpc) is 4.01. The number of benzene rings is 2. The van der Waals surface area contributed by atoms with Crippen LogP contribution >= 0.6 is 31.9 Å². The summed E-state index contributed by atoms with van der Waals surface area (Å²) in [6.07, 6.45) is 17.6. The molecule has 0 saturated heterocycles. The van der Waals surface area contributed by atoms with Gasteiger partial charge in [-0.2, -0.15) is 29.5 Å². The van der Waals surface area contributed by atoms with Gasteiger partial charge in [0.1, 0.15) is 11.6 Å². The van der Waals surface area contributed by atoms with Gasteiger partial charge in [0.2, 0.25) is 12.2 Å². The minimum Gasteiger partial charge on any atom is -0.366 e. The molecular formula is C41H41Br2N11O. The fourth-order valence-corrected chi connectivity index (χ4v) is 8.22. The van der Waals surface area contributed by atoms with Crippen molar-refractivity contribution in [1.82, 2.24) is 39.3 Å². The first kappa shape index (κ1) is 36.8. The normalized spacial score (nSPS) is 15.1. The van der Waals surface area contributed by atoms with Crippen molar-refractivity contribution in [1.29, 1.82) is 5.26 Å². The van der Waals surface area contributed by atoms with Gasteiger partial charge in [-0.15, -0.1) is 0 Å². The van der Waals surface area contributed by atoms with Gasteiger partial charge in [-0.05, 0) is 80.8 Å². The van der Waals surface area contributed by atoms with Crippen molar-refractivity contribution >= 4 is 54.8 Å². The van der Waals surface area contributed by atoms with Gasteiger partial charge < -0.3 is 15.2 Å². The minimum atomic E-state index is 0.533. The van der Waals surface area contributed by atoms with Crippen LogP contribution in [0.2, 0.25) is 0 Å². The molecule has 2 aliphatic carbocycles. The number of anilines is 2. The number of hydrogen-bond acceptors (Lipinski definition) is 10. The maximum Gasteiger partial charge on any atom is 0.214 e. The Hall–Kier alpha value is -5.13. The number of nitrogens with zero attached hydrogens (tertiary/aromatic N) is 9. The van der Waals surface area contributed by atoms with Crippen LogP contribution in [-0.2, 0) is 13.1 Å². The first-order valence-corrected chi connectivity index (χ1v) is 20.5. The molecule has 2 saturated carbocycles. The molecule has 2 fully saturated rings. The van der Waals surface area contributed by atoms with E-state index in [0.29, 0.717) is 36.3 Å². The second-order valence-corrected chi connectivity index (χ2v) is 15.9. The van der Waals surface area contributed by atoms with Crippen LogP contribution in [0.5, 0.6) is 0 Å². The van der Waals surface area contributed by atoms with E-state index in [1.807, 2.05) is 45.4 Å². The van der Waals surface area contributed by atoms with Crippen molar-refractivity contribution in [2.24, 2.45) is 0 Å². The van der Waals surface area contributed by atoms with E-state index in [1.54, 1.807) is 12.4 Å². The van der Waals surface area contributed by atoms with Gasteiger partial charge in [0, 0.05) is 54.0 Å². The summed E-state index contributed by atoms with van der Waals surface area (Å²) in [6.45, 7) is 1.36. The van der Waals surface area contributed by atoms with E-state index in [4.69, 9.17) is 19.8 Å². The van der Waals surface area contributed by atoms with Crippen LogP contribution in [0.25, 0.3) is 22.7 Å². The Morgan fingerprint density at radius 2 is 1.18 bits per heavy atom. The summed E-state index contributed by atoms with van der Waals surface area (Å²) >= 11 is 7.16. The fourth-order valence-electron chi connectivity index (χ4n) is 7.53. The Balaban J connectivity index is 0.000000156. The van der Waals surface area contributed by atoms with Gasteiger partial charge in [0.05, 0.1) is 33.0 Å². The van der Waals surface area contributed by atoms with Crippen LogP contribution in [0, 0.1) is 11.3 Å². The third-order valence-corrected chi connectivity index (χ3v) is 11.7. The molecule has 0 atom stereocenters. The maximum absolute atomic E-state index is 8.92. The molecule has 0 bridgehead atoms. The Morgan fingerprint density at radius 3 is 1.64 bits per heavy atom. The molecule has 5 aromatic heterocycles. The molecule has 2 N–H and O–H groups in total. The molecule has 0 spiro atoms. The zero-order valence-corrected chi connectivity index (χ0v) is 33.5.